The summed E-state index contributed by atoms with van der Waals surface area (Å²) < 4.78 is 5.00. The normalized spacial score (nSPS) is 21.7. The molecule has 1 saturated heterocycles. The zero-order valence-electron chi connectivity index (χ0n) is 10.8. The van der Waals surface area contributed by atoms with Crippen molar-refractivity contribution >= 4 is 17.9 Å². The van der Waals surface area contributed by atoms with Crippen LogP contribution in [0.1, 0.15) is 19.8 Å². The molecule has 1 fully saturated rings. The Labute approximate surface area is 110 Å². The minimum atomic E-state index is -1.40. The van der Waals surface area contributed by atoms with Gasteiger partial charge in [0.2, 0.25) is 5.91 Å². The molecule has 1 heterocycles. The van der Waals surface area contributed by atoms with Gasteiger partial charge < -0.3 is 25.8 Å². The number of carboxylic acids is 1. The average molecular weight is 273 g/mol. The number of hydrogen-bond donors (Lipinski definition) is 4. The van der Waals surface area contributed by atoms with Crippen LogP contribution in [0, 0.1) is 0 Å². The van der Waals surface area contributed by atoms with Gasteiger partial charge in [-0.15, -0.1) is 0 Å². The molecular formula is C11H19N3O5. The van der Waals surface area contributed by atoms with Crippen LogP contribution in [0.3, 0.4) is 0 Å². The minimum absolute atomic E-state index is 0.0716. The van der Waals surface area contributed by atoms with Crippen LogP contribution in [0.25, 0.3) is 0 Å². The van der Waals surface area contributed by atoms with Crippen molar-refractivity contribution in [3.63, 3.8) is 0 Å². The highest BCUT2D eigenvalue weighted by Crippen LogP contribution is 2.18. The van der Waals surface area contributed by atoms with Crippen LogP contribution in [0.15, 0.2) is 0 Å². The Morgan fingerprint density at radius 2 is 2.05 bits per heavy atom. The van der Waals surface area contributed by atoms with Crippen LogP contribution in [-0.2, 0) is 14.3 Å². The minimum Gasteiger partial charge on any atom is -0.479 e. The highest BCUT2D eigenvalue weighted by molar-refractivity contribution is 5.89. The molecule has 108 valence electrons. The standard InChI is InChI=1S/C11H19N3O5/c1-2-4-12-8(15)6-13-10(18)14-11(9(16)17)3-5-19-7-11/h2-7H2,1H3,(H,12,15)(H,16,17)(H2,13,14,18). The lowest BCUT2D eigenvalue weighted by Gasteiger charge is -2.23. The lowest BCUT2D eigenvalue weighted by Crippen LogP contribution is -2.58. The van der Waals surface area contributed by atoms with Crippen LogP contribution < -0.4 is 16.0 Å². The Hall–Kier alpha value is -1.83. The van der Waals surface area contributed by atoms with Crippen molar-refractivity contribution in [2.75, 3.05) is 26.3 Å². The van der Waals surface area contributed by atoms with Crippen molar-refractivity contribution in [3.05, 3.63) is 0 Å². The van der Waals surface area contributed by atoms with E-state index in [-0.39, 0.29) is 32.1 Å². The van der Waals surface area contributed by atoms with E-state index in [0.717, 1.165) is 6.42 Å². The van der Waals surface area contributed by atoms with Gasteiger partial charge in [0, 0.05) is 19.6 Å². The number of carbonyl (C=O) groups excluding carboxylic acids is 2. The Morgan fingerprint density at radius 3 is 2.58 bits per heavy atom. The average Bonchev–Trinajstić information content (AvgIpc) is 2.83. The summed E-state index contributed by atoms with van der Waals surface area (Å²) in [5.41, 5.74) is -1.40. The molecule has 0 saturated carbocycles. The quantitative estimate of drug-likeness (QED) is 0.498. The lowest BCUT2D eigenvalue weighted by atomic mass is 9.99. The van der Waals surface area contributed by atoms with Gasteiger partial charge in [-0.25, -0.2) is 9.59 Å². The predicted molar refractivity (Wildman–Crippen MR) is 65.6 cm³/mol. The van der Waals surface area contributed by atoms with E-state index in [9.17, 15) is 14.4 Å². The lowest BCUT2D eigenvalue weighted by molar-refractivity contribution is -0.144. The molecule has 1 aliphatic heterocycles. The maximum atomic E-state index is 11.6. The van der Waals surface area contributed by atoms with Crippen molar-refractivity contribution in [1.29, 1.82) is 0 Å². The third-order valence-electron chi connectivity index (χ3n) is 2.77. The van der Waals surface area contributed by atoms with Gasteiger partial charge in [0.1, 0.15) is 0 Å². The van der Waals surface area contributed by atoms with Crippen LogP contribution in [0.2, 0.25) is 0 Å². The van der Waals surface area contributed by atoms with E-state index in [4.69, 9.17) is 9.84 Å². The fraction of sp³-hybridized carbons (Fsp3) is 0.727. The summed E-state index contributed by atoms with van der Waals surface area (Å²) >= 11 is 0. The topological polar surface area (TPSA) is 117 Å². The van der Waals surface area contributed by atoms with Crippen molar-refractivity contribution in [2.24, 2.45) is 0 Å². The molecule has 0 aromatic heterocycles. The van der Waals surface area contributed by atoms with Gasteiger partial charge in [0.15, 0.2) is 5.54 Å². The maximum Gasteiger partial charge on any atom is 0.332 e. The first-order chi connectivity index (χ1) is 9.00. The van der Waals surface area contributed by atoms with E-state index in [0.29, 0.717) is 6.54 Å². The van der Waals surface area contributed by atoms with Gasteiger partial charge in [-0.2, -0.15) is 0 Å². The Kier molecular flexibility index (Phi) is 5.56. The molecule has 0 aliphatic carbocycles. The summed E-state index contributed by atoms with van der Waals surface area (Å²) in [6.45, 7) is 2.47. The van der Waals surface area contributed by atoms with Gasteiger partial charge >= 0.3 is 12.0 Å². The van der Waals surface area contributed by atoms with E-state index < -0.39 is 17.5 Å². The number of urea groups is 1. The summed E-state index contributed by atoms with van der Waals surface area (Å²) in [6, 6.07) is -0.695. The molecule has 0 spiro atoms. The number of nitrogens with one attached hydrogen (secondary N) is 3. The second-order valence-electron chi connectivity index (χ2n) is 4.35. The third kappa shape index (κ3) is 4.40. The molecule has 1 aliphatic rings. The maximum absolute atomic E-state index is 11.6. The molecule has 4 N–H and O–H groups in total. The van der Waals surface area contributed by atoms with Crippen molar-refractivity contribution in [1.82, 2.24) is 16.0 Å². The van der Waals surface area contributed by atoms with E-state index in [1.807, 2.05) is 6.92 Å². The highest BCUT2D eigenvalue weighted by Gasteiger charge is 2.43. The van der Waals surface area contributed by atoms with Crippen LogP contribution in [-0.4, -0.2) is 54.9 Å². The number of carboxylic acid groups (broad SMARTS) is 1. The third-order valence-corrected chi connectivity index (χ3v) is 2.77. The fourth-order valence-electron chi connectivity index (χ4n) is 1.63. The van der Waals surface area contributed by atoms with E-state index in [1.165, 1.54) is 0 Å². The number of ether oxygens (including phenoxy) is 1. The molecule has 0 radical (unpaired) electrons. The molecule has 1 rings (SSSR count). The largest absolute Gasteiger partial charge is 0.479 e. The van der Waals surface area contributed by atoms with Gasteiger partial charge in [-0.1, -0.05) is 6.92 Å². The molecule has 19 heavy (non-hydrogen) atoms. The molecule has 1 atom stereocenters. The number of amides is 3. The van der Waals surface area contributed by atoms with Gasteiger partial charge in [-0.3, -0.25) is 4.79 Å². The van der Waals surface area contributed by atoms with E-state index in [1.54, 1.807) is 0 Å². The van der Waals surface area contributed by atoms with Crippen LogP contribution in [0.5, 0.6) is 0 Å². The predicted octanol–water partition coefficient (Wildman–Crippen LogP) is -0.944. The summed E-state index contributed by atoms with van der Waals surface area (Å²) in [7, 11) is 0. The van der Waals surface area contributed by atoms with E-state index >= 15 is 0 Å². The Morgan fingerprint density at radius 1 is 1.32 bits per heavy atom. The molecule has 0 aromatic rings. The second kappa shape index (κ2) is 6.93. The van der Waals surface area contributed by atoms with Gasteiger partial charge in [-0.05, 0) is 6.42 Å². The molecule has 8 heteroatoms. The molecular weight excluding hydrogens is 254 g/mol. The SMILES string of the molecule is CCCNC(=O)CNC(=O)NC1(C(=O)O)CCOC1. The second-order valence-corrected chi connectivity index (χ2v) is 4.35. The summed E-state index contributed by atoms with van der Waals surface area (Å²) in [4.78, 5) is 34.0. The van der Waals surface area contributed by atoms with Crippen molar-refractivity contribution < 1.29 is 24.2 Å². The number of rotatable bonds is 6. The summed E-state index contributed by atoms with van der Waals surface area (Å²) in [5.74, 6) is -1.46. The summed E-state index contributed by atoms with van der Waals surface area (Å²) in [6.07, 6.45) is 1.01. The fourth-order valence-corrected chi connectivity index (χ4v) is 1.63. The highest BCUT2D eigenvalue weighted by atomic mass is 16.5. The molecule has 3 amide bonds. The van der Waals surface area contributed by atoms with Crippen LogP contribution in [0.4, 0.5) is 4.79 Å². The first-order valence-electron chi connectivity index (χ1n) is 6.14. The van der Waals surface area contributed by atoms with Crippen molar-refractivity contribution in [2.45, 2.75) is 25.3 Å². The monoisotopic (exact) mass is 273 g/mol. The number of aliphatic carboxylic acids is 1. The van der Waals surface area contributed by atoms with Gasteiger partial charge in [0.25, 0.3) is 0 Å². The van der Waals surface area contributed by atoms with Gasteiger partial charge in [0.05, 0.1) is 13.2 Å². The number of hydrogen-bond acceptors (Lipinski definition) is 4. The molecule has 8 nitrogen and oxygen atoms in total. The summed E-state index contributed by atoms with van der Waals surface area (Å²) in [5, 5.41) is 16.4. The smallest absolute Gasteiger partial charge is 0.332 e. The van der Waals surface area contributed by atoms with Crippen molar-refractivity contribution in [3.8, 4) is 0 Å². The Bertz CT molecular complexity index is 352. The Balaban J connectivity index is 2.37. The zero-order chi connectivity index (χ0) is 14.3. The first-order valence-corrected chi connectivity index (χ1v) is 6.14. The molecule has 0 aromatic carbocycles. The molecule has 1 unspecified atom stereocenters. The van der Waals surface area contributed by atoms with Crippen LogP contribution >= 0.6 is 0 Å². The number of carbonyl (C=O) groups is 3. The first kappa shape index (κ1) is 15.2. The zero-order valence-corrected chi connectivity index (χ0v) is 10.8. The molecule has 0 bridgehead atoms. The van der Waals surface area contributed by atoms with E-state index in [2.05, 4.69) is 16.0 Å².